The Morgan fingerprint density at radius 2 is 2.04 bits per heavy atom. The van der Waals surface area contributed by atoms with Gasteiger partial charge in [0.25, 0.3) is 11.6 Å². The van der Waals surface area contributed by atoms with Crippen LogP contribution in [0.4, 0.5) is 5.69 Å². The molecule has 1 amide bonds. The van der Waals surface area contributed by atoms with Crippen LogP contribution in [0.15, 0.2) is 18.2 Å². The number of hydrogen-bond donors (Lipinski definition) is 1. The molecule has 24 heavy (non-hydrogen) atoms. The van der Waals surface area contributed by atoms with Gasteiger partial charge >= 0.3 is 5.97 Å². The smallest absolute Gasteiger partial charge is 0.338 e. The fourth-order valence-electron chi connectivity index (χ4n) is 2.29. The first-order valence-electron chi connectivity index (χ1n) is 8.06. The maximum Gasteiger partial charge on any atom is 0.338 e. The van der Waals surface area contributed by atoms with Crippen LogP contribution in [-0.2, 0) is 9.53 Å². The lowest BCUT2D eigenvalue weighted by molar-refractivity contribution is -0.385. The Morgan fingerprint density at radius 3 is 2.62 bits per heavy atom. The highest BCUT2D eigenvalue weighted by atomic mass is 16.6. The molecule has 0 aromatic heterocycles. The summed E-state index contributed by atoms with van der Waals surface area (Å²) in [5.74, 6) is -1.03. The molecule has 1 aromatic carbocycles. The molecule has 0 aliphatic rings. The summed E-state index contributed by atoms with van der Waals surface area (Å²) >= 11 is 0. The summed E-state index contributed by atoms with van der Waals surface area (Å²) in [5, 5.41) is 13.5. The molecule has 1 N–H and O–H groups in total. The molecule has 1 aromatic rings. The van der Waals surface area contributed by atoms with Crippen molar-refractivity contribution in [3.8, 4) is 0 Å². The number of hydrogen-bond acceptors (Lipinski definition) is 5. The lowest BCUT2D eigenvalue weighted by Crippen LogP contribution is -2.35. The number of carbonyl (C=O) groups excluding carboxylic acids is 2. The summed E-state index contributed by atoms with van der Waals surface area (Å²) in [4.78, 5) is 33.9. The number of benzene rings is 1. The van der Waals surface area contributed by atoms with Crippen molar-refractivity contribution in [3.63, 3.8) is 0 Å². The van der Waals surface area contributed by atoms with E-state index in [9.17, 15) is 19.7 Å². The molecule has 1 atom stereocenters. The number of nitrogens with one attached hydrogen (secondary N) is 1. The molecular weight excluding hydrogens is 312 g/mol. The Morgan fingerprint density at radius 1 is 1.33 bits per heavy atom. The quantitative estimate of drug-likeness (QED) is 0.323. The van der Waals surface area contributed by atoms with Crippen LogP contribution in [0, 0.1) is 17.0 Å². The number of unbranched alkanes of at least 4 members (excludes halogenated alkanes) is 2. The number of rotatable bonds is 9. The van der Waals surface area contributed by atoms with E-state index in [-0.39, 0.29) is 29.8 Å². The summed E-state index contributed by atoms with van der Waals surface area (Å²) in [7, 11) is 0. The summed E-state index contributed by atoms with van der Waals surface area (Å²) in [6.07, 6.45) is 4.16. The van der Waals surface area contributed by atoms with Gasteiger partial charge in [0.05, 0.1) is 10.5 Å². The molecule has 1 rings (SSSR count). The van der Waals surface area contributed by atoms with Crippen LogP contribution >= 0.6 is 0 Å². The zero-order valence-electron chi connectivity index (χ0n) is 14.3. The van der Waals surface area contributed by atoms with Crippen molar-refractivity contribution in [2.45, 2.75) is 52.5 Å². The van der Waals surface area contributed by atoms with Gasteiger partial charge in [0.1, 0.15) is 0 Å². The molecule has 0 bridgehead atoms. The molecule has 7 heteroatoms. The van der Waals surface area contributed by atoms with Crippen molar-refractivity contribution in [2.75, 3.05) is 6.61 Å². The van der Waals surface area contributed by atoms with Crippen molar-refractivity contribution in [1.29, 1.82) is 0 Å². The number of carbonyl (C=O) groups is 2. The number of nitrogens with zero attached hydrogens (tertiary/aromatic N) is 1. The summed E-state index contributed by atoms with van der Waals surface area (Å²) < 4.78 is 4.95. The number of amides is 1. The maximum absolute atomic E-state index is 11.9. The molecule has 132 valence electrons. The van der Waals surface area contributed by atoms with Crippen LogP contribution in [0.5, 0.6) is 0 Å². The molecule has 0 saturated heterocycles. The summed E-state index contributed by atoms with van der Waals surface area (Å²) in [5.41, 5.74) is 0.482. The van der Waals surface area contributed by atoms with E-state index in [4.69, 9.17) is 4.74 Å². The van der Waals surface area contributed by atoms with E-state index in [1.807, 2.05) is 6.92 Å². The molecule has 0 unspecified atom stereocenters. The van der Waals surface area contributed by atoms with E-state index in [0.717, 1.165) is 25.7 Å². The van der Waals surface area contributed by atoms with Gasteiger partial charge in [0, 0.05) is 17.7 Å². The third-order valence-electron chi connectivity index (χ3n) is 3.61. The normalized spacial score (nSPS) is 11.6. The maximum atomic E-state index is 11.9. The van der Waals surface area contributed by atoms with E-state index >= 15 is 0 Å². The Hall–Kier alpha value is -2.44. The Kier molecular flexibility index (Phi) is 7.88. The zero-order chi connectivity index (χ0) is 18.1. The van der Waals surface area contributed by atoms with Crippen molar-refractivity contribution in [3.05, 3.63) is 39.4 Å². The van der Waals surface area contributed by atoms with E-state index < -0.39 is 10.9 Å². The van der Waals surface area contributed by atoms with Gasteiger partial charge in [-0.25, -0.2) is 4.79 Å². The standard InChI is InChI=1S/C17H24N2O5/c1-4-5-6-7-13(3)18-16(20)11-24-17(21)14-8-9-15(19(22)23)12(2)10-14/h8-10,13H,4-7,11H2,1-3H3,(H,18,20)/t13-/m0/s1. The number of nitro groups is 1. The van der Waals surface area contributed by atoms with E-state index in [1.54, 1.807) is 6.92 Å². The third kappa shape index (κ3) is 6.36. The largest absolute Gasteiger partial charge is 0.452 e. The third-order valence-corrected chi connectivity index (χ3v) is 3.61. The molecule has 0 spiro atoms. The highest BCUT2D eigenvalue weighted by Crippen LogP contribution is 2.19. The molecule has 7 nitrogen and oxygen atoms in total. The molecule has 0 fully saturated rings. The monoisotopic (exact) mass is 336 g/mol. The highest BCUT2D eigenvalue weighted by Gasteiger charge is 2.16. The fourth-order valence-corrected chi connectivity index (χ4v) is 2.29. The van der Waals surface area contributed by atoms with Crippen LogP contribution in [0.2, 0.25) is 0 Å². The number of ether oxygens (including phenoxy) is 1. The lowest BCUT2D eigenvalue weighted by atomic mass is 10.1. The molecule has 0 heterocycles. The van der Waals surface area contributed by atoms with Gasteiger partial charge in [-0.2, -0.15) is 0 Å². The van der Waals surface area contributed by atoms with E-state index in [0.29, 0.717) is 5.56 Å². The van der Waals surface area contributed by atoms with Crippen LogP contribution in [0.1, 0.15) is 55.5 Å². The predicted molar refractivity (Wildman–Crippen MR) is 89.9 cm³/mol. The second-order valence-corrected chi connectivity index (χ2v) is 5.80. The summed E-state index contributed by atoms with van der Waals surface area (Å²) in [6, 6.07) is 3.98. The van der Waals surface area contributed by atoms with Gasteiger partial charge in [0.2, 0.25) is 0 Å². The Balaban J connectivity index is 2.47. The van der Waals surface area contributed by atoms with Gasteiger partial charge in [-0.05, 0) is 32.4 Å². The second kappa shape index (κ2) is 9.64. The first-order chi connectivity index (χ1) is 11.3. The minimum Gasteiger partial charge on any atom is -0.452 e. The molecule has 0 saturated carbocycles. The van der Waals surface area contributed by atoms with Crippen molar-refractivity contribution in [1.82, 2.24) is 5.32 Å². The predicted octanol–water partition coefficient (Wildman–Crippen LogP) is 3.15. The molecule has 0 radical (unpaired) electrons. The zero-order valence-corrected chi connectivity index (χ0v) is 14.3. The van der Waals surface area contributed by atoms with E-state index in [1.165, 1.54) is 18.2 Å². The van der Waals surface area contributed by atoms with Gasteiger partial charge in [0.15, 0.2) is 6.61 Å². The number of nitro benzene ring substituents is 1. The fraction of sp³-hybridized carbons (Fsp3) is 0.529. The van der Waals surface area contributed by atoms with Crippen molar-refractivity contribution in [2.24, 2.45) is 0 Å². The first kappa shape index (κ1) is 19.6. The number of aryl methyl sites for hydroxylation is 1. The van der Waals surface area contributed by atoms with Crippen LogP contribution in [0.3, 0.4) is 0 Å². The highest BCUT2D eigenvalue weighted by molar-refractivity contribution is 5.91. The van der Waals surface area contributed by atoms with Gasteiger partial charge in [-0.1, -0.05) is 26.2 Å². The molecular formula is C17H24N2O5. The average Bonchev–Trinajstić information content (AvgIpc) is 2.52. The minimum absolute atomic E-state index is 0.0318. The molecule has 0 aliphatic heterocycles. The minimum atomic E-state index is -0.679. The van der Waals surface area contributed by atoms with Crippen LogP contribution in [-0.4, -0.2) is 29.4 Å². The first-order valence-corrected chi connectivity index (χ1v) is 8.06. The van der Waals surface area contributed by atoms with E-state index in [2.05, 4.69) is 12.2 Å². The topological polar surface area (TPSA) is 98.5 Å². The van der Waals surface area contributed by atoms with Crippen molar-refractivity contribution >= 4 is 17.6 Å². The molecule has 0 aliphatic carbocycles. The van der Waals surface area contributed by atoms with Gasteiger partial charge in [-0.15, -0.1) is 0 Å². The SMILES string of the molecule is CCCCC[C@H](C)NC(=O)COC(=O)c1ccc([N+](=O)[O-])c(C)c1. The lowest BCUT2D eigenvalue weighted by Gasteiger charge is -2.13. The van der Waals surface area contributed by atoms with Gasteiger partial charge < -0.3 is 10.1 Å². The Labute approximate surface area is 141 Å². The summed E-state index contributed by atoms with van der Waals surface area (Å²) in [6.45, 7) is 5.20. The van der Waals surface area contributed by atoms with Gasteiger partial charge in [-0.3, -0.25) is 14.9 Å². The number of esters is 1. The average molecular weight is 336 g/mol. The second-order valence-electron chi connectivity index (χ2n) is 5.80. The van der Waals surface area contributed by atoms with Crippen LogP contribution in [0.25, 0.3) is 0 Å². The van der Waals surface area contributed by atoms with Crippen molar-refractivity contribution < 1.29 is 19.2 Å². The Bertz CT molecular complexity index is 601. The van der Waals surface area contributed by atoms with Crippen LogP contribution < -0.4 is 5.32 Å².